The number of carbonyl (C=O) groups excluding carboxylic acids is 1. The molecule has 0 unspecified atom stereocenters. The first kappa shape index (κ1) is 15.9. The Morgan fingerprint density at radius 1 is 1.39 bits per heavy atom. The average molecular weight is 348 g/mol. The lowest BCUT2D eigenvalue weighted by molar-refractivity contribution is -0.120. The van der Waals surface area contributed by atoms with Crippen LogP contribution in [0.5, 0.6) is 0 Å². The van der Waals surface area contributed by atoms with E-state index < -0.39 is 0 Å². The molecule has 0 spiro atoms. The highest BCUT2D eigenvalue weighted by molar-refractivity contribution is 8.02. The first-order valence-electron chi connectivity index (χ1n) is 7.21. The number of nitrogens with zero attached hydrogens (tertiary/aromatic N) is 3. The molecule has 3 aromatic rings. The number of para-hydroxylation sites is 1. The molecule has 0 aliphatic heterocycles. The minimum atomic E-state index is -0.208. The Hall–Kier alpha value is -1.93. The van der Waals surface area contributed by atoms with E-state index in [9.17, 15) is 4.79 Å². The van der Waals surface area contributed by atoms with Gasteiger partial charge in [-0.15, -0.1) is 11.3 Å². The Balaban J connectivity index is 1.50. The molecule has 8 heteroatoms. The van der Waals surface area contributed by atoms with Crippen LogP contribution >= 0.6 is 23.1 Å². The third-order valence-corrected chi connectivity index (χ3v) is 5.36. The quantitative estimate of drug-likeness (QED) is 0.690. The van der Waals surface area contributed by atoms with Gasteiger partial charge in [0.2, 0.25) is 11.8 Å². The number of thioether (sulfide) groups is 1. The Bertz CT molecular complexity index is 782. The summed E-state index contributed by atoms with van der Waals surface area (Å²) in [7, 11) is 0. The fraction of sp³-hybridized carbons (Fsp3) is 0.333. The zero-order valence-electron chi connectivity index (χ0n) is 12.8. The topological polar surface area (TPSA) is 80.9 Å². The van der Waals surface area contributed by atoms with E-state index in [1.807, 2.05) is 31.2 Å². The molecule has 1 atom stereocenters. The number of thiazole rings is 1. The number of benzene rings is 1. The van der Waals surface area contributed by atoms with Crippen molar-refractivity contribution < 1.29 is 9.32 Å². The predicted molar refractivity (Wildman–Crippen MR) is 90.7 cm³/mol. The lowest BCUT2D eigenvalue weighted by Gasteiger charge is -2.09. The van der Waals surface area contributed by atoms with Crippen molar-refractivity contribution in [1.82, 2.24) is 20.4 Å². The standard InChI is InChI=1S/C15H16N4O2S2/c1-9(14(20)16-8-7-13-17-10(2)19-21-13)22-15-18-11-5-3-4-6-12(11)23-15/h3-6,9H,7-8H2,1-2H3,(H,16,20)/t9-/m1/s1. The molecular weight excluding hydrogens is 332 g/mol. The number of amides is 1. The molecule has 0 radical (unpaired) electrons. The fourth-order valence-electron chi connectivity index (χ4n) is 1.98. The van der Waals surface area contributed by atoms with E-state index in [-0.39, 0.29) is 11.2 Å². The van der Waals surface area contributed by atoms with E-state index >= 15 is 0 Å². The van der Waals surface area contributed by atoms with Gasteiger partial charge in [0.1, 0.15) is 0 Å². The SMILES string of the molecule is Cc1noc(CCNC(=O)[C@@H](C)Sc2nc3ccccc3s2)n1. The summed E-state index contributed by atoms with van der Waals surface area (Å²) in [5.41, 5.74) is 0.972. The van der Waals surface area contributed by atoms with Gasteiger partial charge in [-0.2, -0.15) is 4.98 Å². The number of rotatable bonds is 6. The number of aryl methyl sites for hydroxylation is 1. The van der Waals surface area contributed by atoms with Crippen molar-refractivity contribution in [2.45, 2.75) is 29.9 Å². The van der Waals surface area contributed by atoms with Crippen LogP contribution in [-0.4, -0.2) is 32.8 Å². The second-order valence-electron chi connectivity index (χ2n) is 4.98. The van der Waals surface area contributed by atoms with E-state index in [4.69, 9.17) is 4.52 Å². The molecule has 1 aromatic carbocycles. The predicted octanol–water partition coefficient (Wildman–Crippen LogP) is 2.83. The van der Waals surface area contributed by atoms with Crippen LogP contribution in [0.2, 0.25) is 0 Å². The monoisotopic (exact) mass is 348 g/mol. The van der Waals surface area contributed by atoms with Crippen LogP contribution in [0.25, 0.3) is 10.2 Å². The number of aromatic nitrogens is 3. The zero-order chi connectivity index (χ0) is 16.2. The van der Waals surface area contributed by atoms with Crippen molar-refractivity contribution in [3.8, 4) is 0 Å². The van der Waals surface area contributed by atoms with Crippen LogP contribution in [-0.2, 0) is 11.2 Å². The largest absolute Gasteiger partial charge is 0.355 e. The van der Waals surface area contributed by atoms with Crippen LogP contribution in [0.15, 0.2) is 33.1 Å². The van der Waals surface area contributed by atoms with E-state index in [2.05, 4.69) is 20.4 Å². The normalized spacial score (nSPS) is 12.4. The van der Waals surface area contributed by atoms with Crippen LogP contribution in [0.4, 0.5) is 0 Å². The van der Waals surface area contributed by atoms with Gasteiger partial charge in [-0.3, -0.25) is 4.79 Å². The number of carbonyl (C=O) groups is 1. The lowest BCUT2D eigenvalue weighted by Crippen LogP contribution is -2.32. The molecule has 120 valence electrons. The highest BCUT2D eigenvalue weighted by Crippen LogP contribution is 2.31. The van der Waals surface area contributed by atoms with Crippen molar-refractivity contribution >= 4 is 39.2 Å². The molecule has 1 N–H and O–H groups in total. The van der Waals surface area contributed by atoms with Gasteiger partial charge in [0, 0.05) is 13.0 Å². The summed E-state index contributed by atoms with van der Waals surface area (Å²) in [6.45, 7) is 4.12. The summed E-state index contributed by atoms with van der Waals surface area (Å²) in [5, 5.41) is 6.39. The number of fused-ring (bicyclic) bond motifs is 1. The van der Waals surface area contributed by atoms with Gasteiger partial charge < -0.3 is 9.84 Å². The Morgan fingerprint density at radius 3 is 2.96 bits per heavy atom. The minimum Gasteiger partial charge on any atom is -0.355 e. The van der Waals surface area contributed by atoms with E-state index in [1.165, 1.54) is 11.8 Å². The molecule has 23 heavy (non-hydrogen) atoms. The number of hydrogen-bond acceptors (Lipinski definition) is 7. The van der Waals surface area contributed by atoms with Crippen molar-refractivity contribution in [3.63, 3.8) is 0 Å². The lowest BCUT2D eigenvalue weighted by atomic mass is 10.3. The molecule has 1 amide bonds. The average Bonchev–Trinajstić information content (AvgIpc) is 3.12. The van der Waals surface area contributed by atoms with Crippen molar-refractivity contribution in [3.05, 3.63) is 36.0 Å². The van der Waals surface area contributed by atoms with Crippen LogP contribution in [0, 0.1) is 6.92 Å². The summed E-state index contributed by atoms with van der Waals surface area (Å²) >= 11 is 3.08. The third-order valence-electron chi connectivity index (χ3n) is 3.13. The number of hydrogen-bond donors (Lipinski definition) is 1. The van der Waals surface area contributed by atoms with E-state index in [0.717, 1.165) is 14.6 Å². The second-order valence-corrected chi connectivity index (χ2v) is 7.60. The molecule has 2 heterocycles. The summed E-state index contributed by atoms with van der Waals surface area (Å²) < 4.78 is 7.05. The van der Waals surface area contributed by atoms with Gasteiger partial charge in [0.05, 0.1) is 15.5 Å². The molecular formula is C15H16N4O2S2. The highest BCUT2D eigenvalue weighted by atomic mass is 32.2. The van der Waals surface area contributed by atoms with Crippen molar-refractivity contribution in [2.24, 2.45) is 0 Å². The molecule has 0 aliphatic rings. The van der Waals surface area contributed by atoms with Gasteiger partial charge in [0.15, 0.2) is 10.2 Å². The van der Waals surface area contributed by atoms with Crippen LogP contribution < -0.4 is 5.32 Å². The summed E-state index contributed by atoms with van der Waals surface area (Å²) in [6.07, 6.45) is 0.533. The molecule has 0 fully saturated rings. The second kappa shape index (κ2) is 7.10. The van der Waals surface area contributed by atoms with Gasteiger partial charge in [-0.25, -0.2) is 4.98 Å². The Labute approximate surface area is 141 Å². The van der Waals surface area contributed by atoms with Gasteiger partial charge in [-0.1, -0.05) is 29.1 Å². The fourth-order valence-corrected chi connectivity index (χ4v) is 4.22. The Morgan fingerprint density at radius 2 is 2.22 bits per heavy atom. The van der Waals surface area contributed by atoms with Gasteiger partial charge in [0.25, 0.3) is 0 Å². The third kappa shape index (κ3) is 4.08. The molecule has 3 rings (SSSR count). The summed E-state index contributed by atoms with van der Waals surface area (Å²) in [4.78, 5) is 20.8. The first-order valence-corrected chi connectivity index (χ1v) is 8.90. The maximum Gasteiger partial charge on any atom is 0.233 e. The smallest absolute Gasteiger partial charge is 0.233 e. The van der Waals surface area contributed by atoms with Gasteiger partial charge >= 0.3 is 0 Å². The number of nitrogens with one attached hydrogen (secondary N) is 1. The molecule has 0 saturated heterocycles. The van der Waals surface area contributed by atoms with Gasteiger partial charge in [-0.05, 0) is 26.0 Å². The molecule has 2 aromatic heterocycles. The first-order chi connectivity index (χ1) is 11.1. The molecule has 6 nitrogen and oxygen atoms in total. The van der Waals surface area contributed by atoms with E-state index in [1.54, 1.807) is 18.3 Å². The van der Waals surface area contributed by atoms with Crippen LogP contribution in [0.1, 0.15) is 18.6 Å². The maximum atomic E-state index is 12.1. The van der Waals surface area contributed by atoms with E-state index in [0.29, 0.717) is 24.7 Å². The summed E-state index contributed by atoms with van der Waals surface area (Å²) in [6, 6.07) is 7.97. The van der Waals surface area contributed by atoms with Crippen molar-refractivity contribution in [1.29, 1.82) is 0 Å². The molecule has 0 aliphatic carbocycles. The molecule has 0 bridgehead atoms. The van der Waals surface area contributed by atoms with Crippen LogP contribution in [0.3, 0.4) is 0 Å². The highest BCUT2D eigenvalue weighted by Gasteiger charge is 2.16. The minimum absolute atomic E-state index is 0.0227. The summed E-state index contributed by atoms with van der Waals surface area (Å²) in [5.74, 6) is 1.12. The zero-order valence-corrected chi connectivity index (χ0v) is 14.4. The maximum absolute atomic E-state index is 12.1. The molecule has 0 saturated carbocycles. The Kier molecular flexibility index (Phi) is 4.92. The van der Waals surface area contributed by atoms with Crippen molar-refractivity contribution in [2.75, 3.05) is 6.54 Å².